The van der Waals surface area contributed by atoms with E-state index < -0.39 is 0 Å². The van der Waals surface area contributed by atoms with Gasteiger partial charge in [-0.3, -0.25) is 4.90 Å². The number of likely N-dealkylation sites (N-methyl/N-ethyl adjacent to an activating group) is 1. The van der Waals surface area contributed by atoms with Crippen molar-refractivity contribution in [3.05, 3.63) is 64.9 Å². The molecule has 0 aliphatic carbocycles. The molecule has 1 fully saturated rings. The van der Waals surface area contributed by atoms with Crippen LogP contribution < -0.4 is 4.90 Å². The molecule has 5 nitrogen and oxygen atoms in total. The molecule has 0 N–H and O–H groups in total. The second-order valence-electron chi connectivity index (χ2n) is 8.07. The van der Waals surface area contributed by atoms with Crippen molar-refractivity contribution in [2.75, 3.05) is 58.3 Å². The lowest BCUT2D eigenvalue weighted by Crippen LogP contribution is -2.46. The topological polar surface area (TPSA) is 35.5 Å². The highest BCUT2D eigenvalue weighted by Crippen LogP contribution is 2.35. The third-order valence-corrected chi connectivity index (χ3v) is 6.10. The summed E-state index contributed by atoms with van der Waals surface area (Å²) in [6, 6.07) is 11.8. The molecule has 0 radical (unpaired) electrons. The Kier molecular flexibility index (Phi) is 7.08. The van der Waals surface area contributed by atoms with Crippen LogP contribution in [-0.4, -0.2) is 73.1 Å². The van der Waals surface area contributed by atoms with Crippen LogP contribution in [-0.2, 0) is 0 Å². The number of nitrogens with zero attached hydrogens (tertiary/aromatic N) is 5. The van der Waals surface area contributed by atoms with Gasteiger partial charge < -0.3 is 9.80 Å². The molecule has 0 saturated carbocycles. The fourth-order valence-electron chi connectivity index (χ4n) is 3.82. The lowest BCUT2D eigenvalue weighted by Gasteiger charge is -2.35. The first kappa shape index (κ1) is 22.0. The quantitative estimate of drug-likeness (QED) is 0.496. The lowest BCUT2D eigenvalue weighted by molar-refractivity contribution is 0.283. The maximum Gasteiger partial charge on any atom is 0.139 e. The molecule has 4 rings (SSSR count). The monoisotopic (exact) mass is 455 g/mol. The average molecular weight is 456 g/mol. The lowest BCUT2D eigenvalue weighted by atomic mass is 10.0. The van der Waals surface area contributed by atoms with Gasteiger partial charge in [-0.1, -0.05) is 47.5 Å². The molecular weight excluding hydrogens is 429 g/mol. The summed E-state index contributed by atoms with van der Waals surface area (Å²) in [5.74, 6) is 0.972. The first-order valence-electron chi connectivity index (χ1n) is 10.5. The second kappa shape index (κ2) is 9.96. The van der Waals surface area contributed by atoms with Crippen LogP contribution in [0.4, 0.5) is 5.82 Å². The Bertz CT molecular complexity index is 1060. The van der Waals surface area contributed by atoms with Crippen molar-refractivity contribution in [1.82, 2.24) is 19.8 Å². The van der Waals surface area contributed by atoms with Crippen LogP contribution in [0.5, 0.6) is 0 Å². The zero-order valence-corrected chi connectivity index (χ0v) is 19.4. The number of aromatic nitrogens is 2. The predicted octanol–water partition coefficient (Wildman–Crippen LogP) is 4.84. The number of halogens is 2. The highest BCUT2D eigenvalue weighted by Gasteiger charge is 2.20. The summed E-state index contributed by atoms with van der Waals surface area (Å²) in [5.41, 5.74) is 2.86. The van der Waals surface area contributed by atoms with E-state index in [1.165, 1.54) is 0 Å². The third kappa shape index (κ3) is 5.36. The van der Waals surface area contributed by atoms with E-state index in [0.717, 1.165) is 67.1 Å². The van der Waals surface area contributed by atoms with Gasteiger partial charge in [0.1, 0.15) is 12.1 Å². The van der Waals surface area contributed by atoms with E-state index >= 15 is 0 Å². The van der Waals surface area contributed by atoms with Crippen molar-refractivity contribution in [3.63, 3.8) is 0 Å². The Morgan fingerprint density at radius 1 is 0.968 bits per heavy atom. The van der Waals surface area contributed by atoms with Crippen LogP contribution in [0.3, 0.4) is 0 Å². The molecule has 0 atom stereocenters. The standard InChI is InChI=1S/C24H27Cl2N5/c1-29(2)9-3-4-10-30-11-13-31(14-12-30)24-21-15-20(18-5-7-19(25)8-6-18)22(26)16-23(21)27-17-28-24/h3-8,15-17H,9-14H2,1-2H3/b4-3+. The molecule has 2 heterocycles. The van der Waals surface area contributed by atoms with E-state index in [1.54, 1.807) is 6.33 Å². The molecule has 1 aromatic heterocycles. The second-order valence-corrected chi connectivity index (χ2v) is 8.92. The zero-order valence-electron chi connectivity index (χ0n) is 17.9. The van der Waals surface area contributed by atoms with Crippen molar-refractivity contribution in [2.24, 2.45) is 0 Å². The number of fused-ring (bicyclic) bond motifs is 1. The number of benzene rings is 2. The van der Waals surface area contributed by atoms with Gasteiger partial charge in [-0.2, -0.15) is 0 Å². The van der Waals surface area contributed by atoms with E-state index in [-0.39, 0.29) is 0 Å². The molecule has 3 aromatic rings. The van der Waals surface area contributed by atoms with Crippen molar-refractivity contribution in [3.8, 4) is 11.1 Å². The molecule has 7 heteroatoms. The van der Waals surface area contributed by atoms with Crippen LogP contribution in [0.1, 0.15) is 0 Å². The fraction of sp³-hybridized carbons (Fsp3) is 0.333. The molecule has 0 bridgehead atoms. The maximum atomic E-state index is 6.59. The van der Waals surface area contributed by atoms with Crippen LogP contribution in [0.25, 0.3) is 22.0 Å². The van der Waals surface area contributed by atoms with Crippen molar-refractivity contribution < 1.29 is 0 Å². The first-order chi connectivity index (χ1) is 15.0. The van der Waals surface area contributed by atoms with Crippen molar-refractivity contribution in [1.29, 1.82) is 0 Å². The summed E-state index contributed by atoms with van der Waals surface area (Å²) in [5, 5.41) is 2.41. The molecule has 1 saturated heterocycles. The third-order valence-electron chi connectivity index (χ3n) is 5.53. The molecule has 2 aromatic carbocycles. The Hall–Kier alpha value is -2.18. The number of anilines is 1. The smallest absolute Gasteiger partial charge is 0.139 e. The largest absolute Gasteiger partial charge is 0.353 e. The van der Waals surface area contributed by atoms with E-state index in [0.29, 0.717) is 10.0 Å². The Balaban J connectivity index is 1.54. The van der Waals surface area contributed by atoms with E-state index in [1.807, 2.05) is 30.3 Å². The van der Waals surface area contributed by atoms with E-state index in [4.69, 9.17) is 23.2 Å². The first-order valence-corrected chi connectivity index (χ1v) is 11.2. The number of rotatable bonds is 6. The van der Waals surface area contributed by atoms with Gasteiger partial charge in [-0.15, -0.1) is 0 Å². The van der Waals surface area contributed by atoms with E-state index in [2.05, 4.69) is 57.0 Å². The minimum Gasteiger partial charge on any atom is -0.353 e. The van der Waals surface area contributed by atoms with Crippen molar-refractivity contribution >= 4 is 39.9 Å². The van der Waals surface area contributed by atoms with Gasteiger partial charge in [0.15, 0.2) is 0 Å². The molecule has 0 unspecified atom stereocenters. The summed E-state index contributed by atoms with van der Waals surface area (Å²) in [6.45, 7) is 5.86. The van der Waals surface area contributed by atoms with Crippen LogP contribution in [0.15, 0.2) is 54.9 Å². The van der Waals surface area contributed by atoms with E-state index in [9.17, 15) is 0 Å². The Morgan fingerprint density at radius 2 is 1.71 bits per heavy atom. The summed E-state index contributed by atoms with van der Waals surface area (Å²) in [7, 11) is 4.17. The minimum absolute atomic E-state index is 0.675. The molecule has 0 amide bonds. The fourth-order valence-corrected chi connectivity index (χ4v) is 4.21. The molecule has 31 heavy (non-hydrogen) atoms. The van der Waals surface area contributed by atoms with Crippen LogP contribution in [0.2, 0.25) is 10.0 Å². The zero-order chi connectivity index (χ0) is 21.8. The summed E-state index contributed by atoms with van der Waals surface area (Å²) in [4.78, 5) is 16.1. The summed E-state index contributed by atoms with van der Waals surface area (Å²) < 4.78 is 0. The van der Waals surface area contributed by atoms with Gasteiger partial charge >= 0.3 is 0 Å². The highest BCUT2D eigenvalue weighted by molar-refractivity contribution is 6.34. The van der Waals surface area contributed by atoms with Gasteiger partial charge in [0, 0.05) is 55.2 Å². The molecule has 162 valence electrons. The maximum absolute atomic E-state index is 6.59. The van der Waals surface area contributed by atoms with Crippen LogP contribution >= 0.6 is 23.2 Å². The van der Waals surface area contributed by atoms with Gasteiger partial charge in [0.05, 0.1) is 10.5 Å². The summed E-state index contributed by atoms with van der Waals surface area (Å²) >= 11 is 12.6. The minimum atomic E-state index is 0.675. The normalized spacial score (nSPS) is 15.5. The summed E-state index contributed by atoms with van der Waals surface area (Å²) in [6.07, 6.45) is 6.12. The predicted molar refractivity (Wildman–Crippen MR) is 131 cm³/mol. The van der Waals surface area contributed by atoms with Gasteiger partial charge in [-0.05, 0) is 43.9 Å². The van der Waals surface area contributed by atoms with Crippen molar-refractivity contribution in [2.45, 2.75) is 0 Å². The number of hydrogen-bond acceptors (Lipinski definition) is 5. The average Bonchev–Trinajstić information content (AvgIpc) is 2.77. The Labute approximate surface area is 193 Å². The van der Waals surface area contributed by atoms with Gasteiger partial charge in [-0.25, -0.2) is 9.97 Å². The molecule has 1 aliphatic rings. The number of hydrogen-bond donors (Lipinski definition) is 0. The van der Waals surface area contributed by atoms with Gasteiger partial charge in [0.25, 0.3) is 0 Å². The Morgan fingerprint density at radius 3 is 2.42 bits per heavy atom. The molecular formula is C24H27Cl2N5. The highest BCUT2D eigenvalue weighted by atomic mass is 35.5. The molecule has 1 aliphatic heterocycles. The van der Waals surface area contributed by atoms with Crippen LogP contribution in [0, 0.1) is 0 Å². The number of piperazine rings is 1. The SMILES string of the molecule is CN(C)C/C=C/CN1CCN(c2ncnc3cc(Cl)c(-c4ccc(Cl)cc4)cc23)CC1. The van der Waals surface area contributed by atoms with Gasteiger partial charge in [0.2, 0.25) is 0 Å². The molecule has 0 spiro atoms.